The number of amides is 1. The molecule has 0 bridgehead atoms. The predicted octanol–water partition coefficient (Wildman–Crippen LogP) is 2.80. The standard InChI is InChI=1S/C21H18FNO4/c22-16-8-4-7-15(13-16)19-18(20(26)21(27)23(19)11-12-24)17(25)10-9-14-5-2-1-3-6-14/h1-10,13,19,24,26H,11-12H2/b10-9+. The third-order valence-electron chi connectivity index (χ3n) is 4.30. The number of hydrogen-bond donors (Lipinski definition) is 2. The van der Waals surface area contributed by atoms with Crippen molar-refractivity contribution < 1.29 is 24.2 Å². The number of hydrogen-bond acceptors (Lipinski definition) is 4. The van der Waals surface area contributed by atoms with E-state index in [9.17, 15) is 24.2 Å². The Morgan fingerprint density at radius 2 is 1.89 bits per heavy atom. The van der Waals surface area contributed by atoms with E-state index in [0.29, 0.717) is 5.56 Å². The zero-order valence-corrected chi connectivity index (χ0v) is 14.4. The molecule has 1 heterocycles. The molecule has 27 heavy (non-hydrogen) atoms. The highest BCUT2D eigenvalue weighted by molar-refractivity contribution is 6.14. The van der Waals surface area contributed by atoms with Crippen LogP contribution < -0.4 is 0 Å². The fourth-order valence-corrected chi connectivity index (χ4v) is 3.09. The average molecular weight is 367 g/mol. The topological polar surface area (TPSA) is 77.8 Å². The third-order valence-corrected chi connectivity index (χ3v) is 4.30. The van der Waals surface area contributed by atoms with E-state index in [0.717, 1.165) is 10.5 Å². The van der Waals surface area contributed by atoms with Gasteiger partial charge in [0.05, 0.1) is 18.2 Å². The van der Waals surface area contributed by atoms with Crippen molar-refractivity contribution in [2.24, 2.45) is 0 Å². The van der Waals surface area contributed by atoms with E-state index in [2.05, 4.69) is 0 Å². The molecule has 2 aromatic carbocycles. The smallest absolute Gasteiger partial charge is 0.290 e. The maximum atomic E-state index is 13.7. The highest BCUT2D eigenvalue weighted by atomic mass is 19.1. The Morgan fingerprint density at radius 1 is 1.15 bits per heavy atom. The summed E-state index contributed by atoms with van der Waals surface area (Å²) in [4.78, 5) is 26.3. The predicted molar refractivity (Wildman–Crippen MR) is 98.1 cm³/mol. The number of benzene rings is 2. The molecule has 3 rings (SSSR count). The Bertz CT molecular complexity index is 921. The van der Waals surface area contributed by atoms with Gasteiger partial charge >= 0.3 is 0 Å². The van der Waals surface area contributed by atoms with E-state index in [4.69, 9.17) is 0 Å². The molecule has 0 aliphatic carbocycles. The van der Waals surface area contributed by atoms with Crippen LogP contribution in [0.25, 0.3) is 6.08 Å². The van der Waals surface area contributed by atoms with Gasteiger partial charge in [0, 0.05) is 6.54 Å². The Morgan fingerprint density at radius 3 is 2.56 bits per heavy atom. The van der Waals surface area contributed by atoms with Crippen LogP contribution in [0.3, 0.4) is 0 Å². The first-order valence-corrected chi connectivity index (χ1v) is 8.41. The first-order chi connectivity index (χ1) is 13.0. The minimum absolute atomic E-state index is 0.0940. The summed E-state index contributed by atoms with van der Waals surface area (Å²) in [5, 5.41) is 19.5. The molecule has 0 aromatic heterocycles. The lowest BCUT2D eigenvalue weighted by molar-refractivity contribution is -0.129. The zero-order valence-electron chi connectivity index (χ0n) is 14.4. The molecule has 0 fully saturated rings. The van der Waals surface area contributed by atoms with Crippen molar-refractivity contribution in [2.45, 2.75) is 6.04 Å². The number of rotatable bonds is 6. The SMILES string of the molecule is O=C(/C=C/c1ccccc1)C1=C(O)C(=O)N(CCO)C1c1cccc(F)c1. The van der Waals surface area contributed by atoms with Gasteiger partial charge in [-0.2, -0.15) is 0 Å². The van der Waals surface area contributed by atoms with Crippen LogP contribution in [0.4, 0.5) is 4.39 Å². The lowest BCUT2D eigenvalue weighted by Crippen LogP contribution is -2.33. The third kappa shape index (κ3) is 3.80. The zero-order chi connectivity index (χ0) is 19.4. The largest absolute Gasteiger partial charge is 0.503 e. The summed E-state index contributed by atoms with van der Waals surface area (Å²) in [7, 11) is 0. The van der Waals surface area contributed by atoms with Crippen molar-refractivity contribution in [1.82, 2.24) is 4.90 Å². The molecule has 2 aromatic rings. The summed E-state index contributed by atoms with van der Waals surface area (Å²) < 4.78 is 13.7. The Kier molecular flexibility index (Phi) is 5.47. The number of allylic oxidation sites excluding steroid dienone is 1. The second-order valence-electron chi connectivity index (χ2n) is 6.05. The number of nitrogens with zero attached hydrogens (tertiary/aromatic N) is 1. The number of carbonyl (C=O) groups excluding carboxylic acids is 2. The highest BCUT2D eigenvalue weighted by Crippen LogP contribution is 2.37. The second-order valence-corrected chi connectivity index (χ2v) is 6.05. The maximum absolute atomic E-state index is 13.7. The van der Waals surface area contributed by atoms with Gasteiger partial charge in [-0.1, -0.05) is 48.5 Å². The molecule has 0 saturated heterocycles. The van der Waals surface area contributed by atoms with Gasteiger partial charge in [-0.15, -0.1) is 0 Å². The summed E-state index contributed by atoms with van der Waals surface area (Å²) in [6.45, 7) is -0.449. The van der Waals surface area contributed by atoms with Gasteiger partial charge in [0.1, 0.15) is 5.82 Å². The van der Waals surface area contributed by atoms with Crippen LogP contribution in [-0.4, -0.2) is 40.0 Å². The van der Waals surface area contributed by atoms with E-state index in [1.165, 1.54) is 24.3 Å². The fraction of sp³-hybridized carbons (Fsp3) is 0.143. The van der Waals surface area contributed by atoms with E-state index < -0.39 is 29.3 Å². The molecule has 0 saturated carbocycles. The van der Waals surface area contributed by atoms with Crippen molar-refractivity contribution in [3.8, 4) is 0 Å². The van der Waals surface area contributed by atoms with Crippen LogP contribution in [0.1, 0.15) is 17.2 Å². The van der Waals surface area contributed by atoms with Crippen molar-refractivity contribution in [2.75, 3.05) is 13.2 Å². The van der Waals surface area contributed by atoms with Crippen molar-refractivity contribution in [3.63, 3.8) is 0 Å². The molecule has 1 aliphatic rings. The minimum atomic E-state index is -0.965. The molecule has 1 unspecified atom stereocenters. The highest BCUT2D eigenvalue weighted by Gasteiger charge is 2.42. The number of halogens is 1. The molecule has 0 radical (unpaired) electrons. The van der Waals surface area contributed by atoms with Gasteiger partial charge in [0.2, 0.25) is 0 Å². The van der Waals surface area contributed by atoms with Gasteiger partial charge < -0.3 is 15.1 Å². The van der Waals surface area contributed by atoms with Gasteiger partial charge in [-0.3, -0.25) is 9.59 Å². The van der Waals surface area contributed by atoms with E-state index in [1.807, 2.05) is 18.2 Å². The van der Waals surface area contributed by atoms with Crippen LogP contribution in [0.2, 0.25) is 0 Å². The van der Waals surface area contributed by atoms with Gasteiger partial charge in [-0.05, 0) is 29.3 Å². The molecule has 2 N–H and O–H groups in total. The van der Waals surface area contributed by atoms with E-state index in [1.54, 1.807) is 24.3 Å². The van der Waals surface area contributed by atoms with Crippen LogP contribution >= 0.6 is 0 Å². The molecule has 1 aliphatic heterocycles. The molecule has 0 spiro atoms. The van der Waals surface area contributed by atoms with Crippen LogP contribution in [0.5, 0.6) is 0 Å². The molecular weight excluding hydrogens is 349 g/mol. The Hall–Kier alpha value is -3.25. The number of carbonyl (C=O) groups is 2. The first-order valence-electron chi connectivity index (χ1n) is 8.41. The van der Waals surface area contributed by atoms with Gasteiger partial charge in [-0.25, -0.2) is 4.39 Å². The average Bonchev–Trinajstić information content (AvgIpc) is 2.92. The van der Waals surface area contributed by atoms with Crippen LogP contribution in [-0.2, 0) is 9.59 Å². The molecular formula is C21H18FNO4. The summed E-state index contributed by atoms with van der Waals surface area (Å²) >= 11 is 0. The molecule has 5 nitrogen and oxygen atoms in total. The second kappa shape index (κ2) is 7.97. The van der Waals surface area contributed by atoms with Gasteiger partial charge in [0.25, 0.3) is 5.91 Å². The van der Waals surface area contributed by atoms with Crippen molar-refractivity contribution in [1.29, 1.82) is 0 Å². The quantitative estimate of drug-likeness (QED) is 0.770. The van der Waals surface area contributed by atoms with Crippen LogP contribution in [0.15, 0.2) is 72.0 Å². The molecule has 1 atom stereocenters. The number of β-amino-alcohol motifs (C(OH)–C–C–N with tert-alkyl or cyclic N) is 1. The minimum Gasteiger partial charge on any atom is -0.503 e. The lowest BCUT2D eigenvalue weighted by atomic mass is 9.95. The summed E-state index contributed by atoms with van der Waals surface area (Å²) in [5.41, 5.74) is 0.994. The van der Waals surface area contributed by atoms with Crippen molar-refractivity contribution in [3.05, 3.63) is 88.9 Å². The van der Waals surface area contributed by atoms with E-state index >= 15 is 0 Å². The normalized spacial score (nSPS) is 17.2. The Balaban J connectivity index is 2.00. The Labute approximate surface area is 155 Å². The van der Waals surface area contributed by atoms with E-state index in [-0.39, 0.29) is 18.7 Å². The number of aliphatic hydroxyl groups is 2. The maximum Gasteiger partial charge on any atom is 0.290 e. The summed E-state index contributed by atoms with van der Waals surface area (Å²) in [6, 6.07) is 13.6. The van der Waals surface area contributed by atoms with Gasteiger partial charge in [0.15, 0.2) is 11.5 Å². The first kappa shape index (κ1) is 18.5. The molecule has 1 amide bonds. The number of ketones is 1. The molecule has 138 valence electrons. The fourth-order valence-electron chi connectivity index (χ4n) is 3.09. The number of aliphatic hydroxyl groups excluding tert-OH is 2. The lowest BCUT2D eigenvalue weighted by Gasteiger charge is -2.25. The van der Waals surface area contributed by atoms with Crippen molar-refractivity contribution >= 4 is 17.8 Å². The summed E-state index contributed by atoms with van der Waals surface area (Å²) in [5.74, 6) is -2.53. The monoisotopic (exact) mass is 367 g/mol. The molecule has 6 heteroatoms. The van der Waals surface area contributed by atoms with Crippen LogP contribution in [0, 0.1) is 5.82 Å². The summed E-state index contributed by atoms with van der Waals surface area (Å²) in [6.07, 6.45) is 2.84.